The molecular formula is C23H19ClFNO3. The van der Waals surface area contributed by atoms with Gasteiger partial charge in [-0.1, -0.05) is 29.8 Å². The van der Waals surface area contributed by atoms with E-state index in [1.165, 1.54) is 12.1 Å². The van der Waals surface area contributed by atoms with Crippen LogP contribution >= 0.6 is 11.6 Å². The summed E-state index contributed by atoms with van der Waals surface area (Å²) in [4.78, 5) is 16.3. The highest BCUT2D eigenvalue weighted by molar-refractivity contribution is 6.31. The van der Waals surface area contributed by atoms with Gasteiger partial charge in [-0.05, 0) is 48.9 Å². The summed E-state index contributed by atoms with van der Waals surface area (Å²) < 4.78 is 18.8. The highest BCUT2D eigenvalue weighted by Crippen LogP contribution is 2.35. The molecule has 1 aromatic heterocycles. The number of carbonyl (C=O) groups excluding carboxylic acids is 1. The number of ether oxygens (including phenoxy) is 1. The molecule has 4 rings (SSSR count). The van der Waals surface area contributed by atoms with Gasteiger partial charge in [0.15, 0.2) is 0 Å². The summed E-state index contributed by atoms with van der Waals surface area (Å²) in [5.41, 5.74) is 4.07. The number of esters is 1. The van der Waals surface area contributed by atoms with E-state index in [1.807, 2.05) is 25.1 Å². The summed E-state index contributed by atoms with van der Waals surface area (Å²) in [6, 6.07) is 11.7. The minimum Gasteiger partial charge on any atom is -0.458 e. The van der Waals surface area contributed by atoms with Crippen LogP contribution in [-0.4, -0.2) is 28.3 Å². The Morgan fingerprint density at radius 3 is 2.72 bits per heavy atom. The number of rotatable bonds is 3. The first-order chi connectivity index (χ1) is 13.9. The monoisotopic (exact) mass is 411 g/mol. The molecule has 1 aliphatic rings. The fourth-order valence-electron chi connectivity index (χ4n) is 3.63. The van der Waals surface area contributed by atoms with Crippen LogP contribution in [-0.2, 0) is 9.53 Å². The van der Waals surface area contributed by atoms with Crippen LogP contribution in [0.5, 0.6) is 0 Å². The van der Waals surface area contributed by atoms with Crippen molar-refractivity contribution in [1.29, 1.82) is 0 Å². The summed E-state index contributed by atoms with van der Waals surface area (Å²) in [6.07, 6.45) is 2.74. The fourth-order valence-corrected chi connectivity index (χ4v) is 3.81. The second-order valence-electron chi connectivity index (χ2n) is 7.14. The Kier molecular flexibility index (Phi) is 5.35. The molecule has 0 saturated carbocycles. The molecule has 2 heterocycles. The SMILES string of the molecule is Cc1nc2ccc(Cl)cc2c(-c2ccc(F)cc2)c1C=C[C@H]1C[C@H](O)CC(=O)O1. The molecule has 148 valence electrons. The second kappa shape index (κ2) is 7.93. The number of aliphatic hydroxyl groups is 1. The number of halogens is 2. The Balaban J connectivity index is 1.87. The third kappa shape index (κ3) is 4.16. The van der Waals surface area contributed by atoms with Gasteiger partial charge in [-0.2, -0.15) is 0 Å². The lowest BCUT2D eigenvalue weighted by Crippen LogP contribution is -2.31. The van der Waals surface area contributed by atoms with Crippen molar-refractivity contribution < 1.29 is 19.0 Å². The van der Waals surface area contributed by atoms with Gasteiger partial charge in [0.2, 0.25) is 0 Å². The maximum Gasteiger partial charge on any atom is 0.309 e. The molecule has 2 atom stereocenters. The van der Waals surface area contributed by atoms with Gasteiger partial charge < -0.3 is 9.84 Å². The topological polar surface area (TPSA) is 59.4 Å². The molecule has 1 fully saturated rings. The molecule has 4 nitrogen and oxygen atoms in total. The van der Waals surface area contributed by atoms with Crippen LogP contribution in [0.25, 0.3) is 28.1 Å². The van der Waals surface area contributed by atoms with E-state index in [9.17, 15) is 14.3 Å². The molecule has 0 unspecified atom stereocenters. The number of carbonyl (C=O) groups is 1. The van der Waals surface area contributed by atoms with Crippen LogP contribution in [0.4, 0.5) is 4.39 Å². The maximum atomic E-state index is 13.5. The van der Waals surface area contributed by atoms with Gasteiger partial charge in [0.25, 0.3) is 0 Å². The maximum absolute atomic E-state index is 13.5. The Morgan fingerprint density at radius 2 is 2.00 bits per heavy atom. The lowest BCUT2D eigenvalue weighted by atomic mass is 9.93. The summed E-state index contributed by atoms with van der Waals surface area (Å²) in [5, 5.41) is 11.3. The molecule has 6 heteroatoms. The van der Waals surface area contributed by atoms with Gasteiger partial charge in [-0.15, -0.1) is 0 Å². The number of benzene rings is 2. The molecule has 2 aromatic carbocycles. The van der Waals surface area contributed by atoms with E-state index in [4.69, 9.17) is 16.3 Å². The van der Waals surface area contributed by atoms with E-state index in [0.29, 0.717) is 11.4 Å². The summed E-state index contributed by atoms with van der Waals surface area (Å²) in [6.45, 7) is 1.89. The van der Waals surface area contributed by atoms with Crippen LogP contribution in [0.1, 0.15) is 24.1 Å². The number of hydrogen-bond donors (Lipinski definition) is 1. The van der Waals surface area contributed by atoms with E-state index in [0.717, 1.165) is 33.3 Å². The van der Waals surface area contributed by atoms with Crippen molar-refractivity contribution in [3.63, 3.8) is 0 Å². The number of aryl methyl sites for hydroxylation is 1. The molecule has 1 saturated heterocycles. The molecule has 3 aromatic rings. The molecular weight excluding hydrogens is 393 g/mol. The summed E-state index contributed by atoms with van der Waals surface area (Å²) >= 11 is 6.24. The van der Waals surface area contributed by atoms with Crippen molar-refractivity contribution in [3.05, 3.63) is 70.6 Å². The first-order valence-electron chi connectivity index (χ1n) is 9.32. The van der Waals surface area contributed by atoms with E-state index in [1.54, 1.807) is 24.3 Å². The quantitative estimate of drug-likeness (QED) is 0.610. The molecule has 1 aliphatic heterocycles. The predicted molar refractivity (Wildman–Crippen MR) is 111 cm³/mol. The van der Waals surface area contributed by atoms with Gasteiger partial charge >= 0.3 is 5.97 Å². The molecule has 0 radical (unpaired) electrons. The highest BCUT2D eigenvalue weighted by Gasteiger charge is 2.25. The fraction of sp³-hybridized carbons (Fsp3) is 0.217. The van der Waals surface area contributed by atoms with E-state index < -0.39 is 18.2 Å². The number of aliphatic hydroxyl groups excluding tert-OH is 1. The number of hydrogen-bond acceptors (Lipinski definition) is 4. The highest BCUT2D eigenvalue weighted by atomic mass is 35.5. The first kappa shape index (κ1) is 19.6. The van der Waals surface area contributed by atoms with Gasteiger partial charge in [0.05, 0.1) is 18.0 Å². The molecule has 0 aliphatic carbocycles. The van der Waals surface area contributed by atoms with Crippen molar-refractivity contribution in [2.75, 3.05) is 0 Å². The second-order valence-corrected chi connectivity index (χ2v) is 7.57. The number of fused-ring (bicyclic) bond motifs is 1. The zero-order valence-electron chi connectivity index (χ0n) is 15.7. The average molecular weight is 412 g/mol. The van der Waals surface area contributed by atoms with Crippen LogP contribution in [0, 0.1) is 12.7 Å². The van der Waals surface area contributed by atoms with Crippen LogP contribution in [0.3, 0.4) is 0 Å². The normalized spacial score (nSPS) is 19.7. The van der Waals surface area contributed by atoms with Gasteiger partial charge in [0.1, 0.15) is 11.9 Å². The average Bonchev–Trinajstić information content (AvgIpc) is 2.66. The third-order valence-corrected chi connectivity index (χ3v) is 5.21. The Bertz CT molecular complexity index is 1110. The zero-order valence-corrected chi connectivity index (χ0v) is 16.5. The lowest BCUT2D eigenvalue weighted by Gasteiger charge is -2.23. The van der Waals surface area contributed by atoms with E-state index >= 15 is 0 Å². The number of aromatic nitrogens is 1. The van der Waals surface area contributed by atoms with Crippen LogP contribution < -0.4 is 0 Å². The number of cyclic esters (lactones) is 1. The minimum atomic E-state index is -0.711. The molecule has 0 amide bonds. The van der Waals surface area contributed by atoms with Gasteiger partial charge in [-0.3, -0.25) is 9.78 Å². The standard InChI is InChI=1S/C23H19ClFNO3/c1-13-19(8-7-18-11-17(27)12-22(28)29-18)23(14-2-5-16(25)6-3-14)20-10-15(24)4-9-21(20)26-13/h2-10,17-18,27H,11-12H2,1H3/t17-,18-/m0/s1. The summed E-state index contributed by atoms with van der Waals surface area (Å²) in [5.74, 6) is -0.737. The van der Waals surface area contributed by atoms with E-state index in [2.05, 4.69) is 4.98 Å². The molecule has 29 heavy (non-hydrogen) atoms. The van der Waals surface area contributed by atoms with Gasteiger partial charge in [0, 0.05) is 33.7 Å². The molecule has 1 N–H and O–H groups in total. The smallest absolute Gasteiger partial charge is 0.309 e. The molecule has 0 spiro atoms. The number of pyridine rings is 1. The largest absolute Gasteiger partial charge is 0.458 e. The van der Waals surface area contributed by atoms with Crippen molar-refractivity contribution in [1.82, 2.24) is 4.98 Å². The Hall–Kier alpha value is -2.76. The van der Waals surface area contributed by atoms with Gasteiger partial charge in [-0.25, -0.2) is 4.39 Å². The lowest BCUT2D eigenvalue weighted by molar-refractivity contribution is -0.156. The Labute approximate surface area is 172 Å². The van der Waals surface area contributed by atoms with Crippen LogP contribution in [0.2, 0.25) is 5.02 Å². The van der Waals surface area contributed by atoms with Crippen LogP contribution in [0.15, 0.2) is 48.5 Å². The summed E-state index contributed by atoms with van der Waals surface area (Å²) in [7, 11) is 0. The first-order valence-corrected chi connectivity index (χ1v) is 9.70. The van der Waals surface area contributed by atoms with Crippen molar-refractivity contribution >= 4 is 34.5 Å². The zero-order chi connectivity index (χ0) is 20.5. The molecule has 0 bridgehead atoms. The Morgan fingerprint density at radius 1 is 1.24 bits per heavy atom. The van der Waals surface area contributed by atoms with Crippen molar-refractivity contribution in [3.8, 4) is 11.1 Å². The minimum absolute atomic E-state index is 0.0141. The van der Waals surface area contributed by atoms with Crippen molar-refractivity contribution in [2.45, 2.75) is 32.0 Å². The predicted octanol–water partition coefficient (Wildman–Crippen LogP) is 5.08. The third-order valence-electron chi connectivity index (χ3n) is 4.98. The van der Waals surface area contributed by atoms with E-state index in [-0.39, 0.29) is 12.2 Å². The van der Waals surface area contributed by atoms with Crippen molar-refractivity contribution in [2.24, 2.45) is 0 Å². The number of nitrogens with zero attached hydrogens (tertiary/aromatic N) is 1.